The summed E-state index contributed by atoms with van der Waals surface area (Å²) >= 11 is 0. The van der Waals surface area contributed by atoms with Gasteiger partial charge < -0.3 is 8.75 Å². The van der Waals surface area contributed by atoms with Gasteiger partial charge in [0.2, 0.25) is 0 Å². The molecule has 7 heteroatoms. The van der Waals surface area contributed by atoms with Gasteiger partial charge >= 0.3 is 10.5 Å². The summed E-state index contributed by atoms with van der Waals surface area (Å²) in [5, 5.41) is 1.57. The van der Waals surface area contributed by atoms with Gasteiger partial charge in [-0.1, -0.05) is 28.0 Å². The average molecular weight is 330 g/mol. The minimum Gasteiger partial charge on any atom is -0.358 e. The minimum absolute atomic E-state index is 0.0786. The third-order valence-corrected chi connectivity index (χ3v) is 3.67. The molecule has 0 atom stereocenters. The molecule has 3 aromatic rings. The van der Waals surface area contributed by atoms with Crippen LogP contribution in [0.15, 0.2) is 48.9 Å². The van der Waals surface area contributed by atoms with Crippen molar-refractivity contribution in [2.45, 2.75) is 6.54 Å². The highest BCUT2D eigenvalue weighted by atomic mass is 32.3. The van der Waals surface area contributed by atoms with Gasteiger partial charge in [-0.2, -0.15) is 8.42 Å². The van der Waals surface area contributed by atoms with E-state index in [2.05, 4.69) is 15.1 Å². The van der Waals surface area contributed by atoms with Crippen molar-refractivity contribution in [2.75, 3.05) is 0 Å². The van der Waals surface area contributed by atoms with Crippen LogP contribution in [0, 0.1) is 12.3 Å². The molecular weight excluding hydrogens is 319 g/mol. The van der Waals surface area contributed by atoms with Crippen LogP contribution in [0.25, 0.3) is 22.0 Å². The lowest BCUT2D eigenvalue weighted by Gasteiger charge is -2.07. The zero-order chi connectivity index (χ0) is 16.4. The number of rotatable bonds is 4. The van der Waals surface area contributed by atoms with Crippen molar-refractivity contribution in [3.63, 3.8) is 0 Å². The molecule has 0 aliphatic carbocycles. The zero-order valence-corrected chi connectivity index (χ0v) is 12.6. The number of hydrogen-bond donors (Lipinski definition) is 0. The molecule has 0 N–H and O–H groups in total. The Morgan fingerprint density at radius 1 is 1.22 bits per heavy atom. The molecule has 0 spiro atoms. The number of aromatic nitrogens is 2. The highest BCUT2D eigenvalue weighted by Gasteiger charge is 2.10. The van der Waals surface area contributed by atoms with Crippen molar-refractivity contribution in [1.29, 1.82) is 0 Å². The van der Waals surface area contributed by atoms with Crippen LogP contribution >= 0.6 is 0 Å². The van der Waals surface area contributed by atoms with Crippen LogP contribution in [-0.2, 0) is 17.0 Å². The van der Waals surface area contributed by atoms with Gasteiger partial charge in [0.15, 0.2) is 0 Å². The summed E-state index contributed by atoms with van der Waals surface area (Å²) in [6.45, 7) is 0.411. The standard InChI is InChI=1S/C16H11FN2O3S/c1-2-7-19-11-18-10-16(19)14-4-3-13-9-15(22-23(17,20)21)6-5-12(13)8-14/h1,3-6,8-11H,7H2. The quantitative estimate of drug-likeness (QED) is 0.545. The number of imidazole rings is 1. The average Bonchev–Trinajstić information content (AvgIpc) is 2.94. The Morgan fingerprint density at radius 2 is 1.96 bits per heavy atom. The van der Waals surface area contributed by atoms with E-state index in [0.29, 0.717) is 6.54 Å². The van der Waals surface area contributed by atoms with E-state index in [4.69, 9.17) is 6.42 Å². The molecule has 0 saturated heterocycles. The molecule has 1 aromatic heterocycles. The van der Waals surface area contributed by atoms with Crippen molar-refractivity contribution in [3.8, 4) is 29.4 Å². The maximum Gasteiger partial charge on any atom is 0.488 e. The molecule has 0 aliphatic rings. The first kappa shape index (κ1) is 15.1. The van der Waals surface area contributed by atoms with E-state index >= 15 is 0 Å². The molecule has 5 nitrogen and oxygen atoms in total. The summed E-state index contributed by atoms with van der Waals surface area (Å²) < 4.78 is 39.7. The van der Waals surface area contributed by atoms with Gasteiger partial charge in [-0.3, -0.25) is 0 Å². The fourth-order valence-corrected chi connectivity index (χ4v) is 2.67. The number of fused-ring (bicyclic) bond motifs is 1. The molecule has 0 fully saturated rings. The minimum atomic E-state index is -5.03. The van der Waals surface area contributed by atoms with Gasteiger partial charge in [-0.25, -0.2) is 4.98 Å². The van der Waals surface area contributed by atoms with E-state index in [1.807, 2.05) is 16.7 Å². The largest absolute Gasteiger partial charge is 0.488 e. The lowest BCUT2D eigenvalue weighted by Crippen LogP contribution is -2.00. The molecule has 116 valence electrons. The summed E-state index contributed by atoms with van der Waals surface area (Å²) in [5.74, 6) is 2.48. The molecule has 2 aromatic carbocycles. The second-order valence-electron chi connectivity index (χ2n) is 4.81. The molecule has 0 unspecified atom stereocenters. The van der Waals surface area contributed by atoms with E-state index in [0.717, 1.165) is 22.0 Å². The van der Waals surface area contributed by atoms with E-state index < -0.39 is 10.5 Å². The number of terminal acetylenes is 1. The Hall–Kier alpha value is -2.85. The van der Waals surface area contributed by atoms with E-state index in [1.54, 1.807) is 24.7 Å². The van der Waals surface area contributed by atoms with Crippen LogP contribution in [0.5, 0.6) is 5.75 Å². The van der Waals surface area contributed by atoms with Gasteiger partial charge in [-0.15, -0.1) is 6.42 Å². The van der Waals surface area contributed by atoms with Gasteiger partial charge in [0.25, 0.3) is 0 Å². The first-order valence-corrected chi connectivity index (χ1v) is 7.89. The van der Waals surface area contributed by atoms with Crippen LogP contribution in [0.1, 0.15) is 0 Å². The predicted molar refractivity (Wildman–Crippen MR) is 84.7 cm³/mol. The molecule has 0 amide bonds. The summed E-state index contributed by atoms with van der Waals surface area (Å²) in [4.78, 5) is 4.09. The fourth-order valence-electron chi connectivity index (χ4n) is 2.34. The Bertz CT molecular complexity index is 1020. The van der Waals surface area contributed by atoms with Crippen LogP contribution < -0.4 is 4.18 Å². The van der Waals surface area contributed by atoms with Crippen LogP contribution in [0.3, 0.4) is 0 Å². The maximum absolute atomic E-state index is 12.6. The molecular formula is C16H11FN2O3S. The number of nitrogens with zero attached hydrogens (tertiary/aromatic N) is 2. The third kappa shape index (κ3) is 3.33. The monoisotopic (exact) mass is 330 g/mol. The summed E-state index contributed by atoms with van der Waals surface area (Å²) in [6.07, 6.45) is 8.70. The second kappa shape index (κ2) is 5.74. The lowest BCUT2D eigenvalue weighted by molar-refractivity contribution is 0.440. The van der Waals surface area contributed by atoms with Crippen molar-refractivity contribution >= 4 is 21.3 Å². The van der Waals surface area contributed by atoms with Crippen LogP contribution in [-0.4, -0.2) is 18.0 Å². The number of hydrogen-bond acceptors (Lipinski definition) is 4. The molecule has 0 aliphatic heterocycles. The zero-order valence-electron chi connectivity index (χ0n) is 11.8. The van der Waals surface area contributed by atoms with Crippen LogP contribution in [0.2, 0.25) is 0 Å². The van der Waals surface area contributed by atoms with Gasteiger partial charge in [0, 0.05) is 5.56 Å². The Kier molecular flexibility index (Phi) is 3.76. The highest BCUT2D eigenvalue weighted by molar-refractivity contribution is 7.81. The molecule has 3 rings (SSSR count). The van der Waals surface area contributed by atoms with Crippen LogP contribution in [0.4, 0.5) is 3.89 Å². The lowest BCUT2D eigenvalue weighted by atomic mass is 10.0. The van der Waals surface area contributed by atoms with Crippen molar-refractivity contribution in [1.82, 2.24) is 9.55 Å². The molecule has 0 radical (unpaired) electrons. The summed E-state index contributed by atoms with van der Waals surface area (Å²) in [5.41, 5.74) is 1.79. The van der Waals surface area contributed by atoms with Crippen molar-refractivity contribution < 1.29 is 16.5 Å². The van der Waals surface area contributed by atoms with Gasteiger partial charge in [0.05, 0.1) is 24.8 Å². The second-order valence-corrected chi connectivity index (χ2v) is 5.76. The van der Waals surface area contributed by atoms with E-state index in [-0.39, 0.29) is 5.75 Å². The summed E-state index contributed by atoms with van der Waals surface area (Å²) in [7, 11) is -5.03. The SMILES string of the molecule is C#CCn1cncc1-c1ccc2cc(OS(=O)(=O)F)ccc2c1. The Labute approximate surface area is 132 Å². The number of halogens is 1. The summed E-state index contributed by atoms with van der Waals surface area (Å²) in [6, 6.07) is 10.0. The first-order valence-electron chi connectivity index (χ1n) is 6.58. The smallest absolute Gasteiger partial charge is 0.358 e. The van der Waals surface area contributed by atoms with E-state index in [1.165, 1.54) is 12.1 Å². The van der Waals surface area contributed by atoms with Gasteiger partial charge in [-0.05, 0) is 29.0 Å². The number of benzene rings is 2. The highest BCUT2D eigenvalue weighted by Crippen LogP contribution is 2.27. The van der Waals surface area contributed by atoms with Crippen molar-refractivity contribution in [3.05, 3.63) is 48.9 Å². The molecule has 0 saturated carbocycles. The molecule has 23 heavy (non-hydrogen) atoms. The predicted octanol–water partition coefficient (Wildman–Crippen LogP) is 2.93. The van der Waals surface area contributed by atoms with Gasteiger partial charge in [0.1, 0.15) is 5.75 Å². The maximum atomic E-state index is 12.6. The normalized spacial score (nSPS) is 11.3. The van der Waals surface area contributed by atoms with Crippen molar-refractivity contribution in [2.24, 2.45) is 0 Å². The Balaban J connectivity index is 2.02. The Morgan fingerprint density at radius 3 is 2.70 bits per heavy atom. The first-order chi connectivity index (χ1) is 11.0. The third-order valence-electron chi connectivity index (χ3n) is 3.28. The van der Waals surface area contributed by atoms with E-state index in [9.17, 15) is 12.3 Å². The molecule has 0 bridgehead atoms. The molecule has 1 heterocycles. The topological polar surface area (TPSA) is 61.2 Å². The fraction of sp³-hybridized carbons (Fsp3) is 0.0625.